The number of nitrogens with zero attached hydrogens (tertiary/aromatic N) is 1. The van der Waals surface area contributed by atoms with Crippen LogP contribution in [0.1, 0.15) is 90.8 Å². The van der Waals surface area contributed by atoms with Crippen molar-refractivity contribution in [1.29, 1.82) is 0 Å². The van der Waals surface area contributed by atoms with Crippen molar-refractivity contribution in [3.8, 4) is 12.3 Å². The van der Waals surface area contributed by atoms with Crippen LogP contribution in [-0.2, 0) is 14.3 Å². The smallest absolute Gasteiger partial charge is 0.408 e. The number of rotatable bonds is 13. The number of benzene rings is 3. The van der Waals surface area contributed by atoms with Crippen LogP contribution in [0.25, 0.3) is 10.8 Å². The summed E-state index contributed by atoms with van der Waals surface area (Å²) in [5.41, 5.74) is 1.20. The lowest BCUT2D eigenvalue weighted by Crippen LogP contribution is -2.55. The molecule has 0 radical (unpaired) electrons. The average molecular weight is 598 g/mol. The Kier molecular flexibility index (Phi) is 12.4. The molecule has 0 aliphatic rings. The highest BCUT2D eigenvalue weighted by Gasteiger charge is 2.38. The summed E-state index contributed by atoms with van der Waals surface area (Å²) in [6.45, 7) is 11.7. The molecule has 3 unspecified atom stereocenters. The van der Waals surface area contributed by atoms with Gasteiger partial charge in [-0.3, -0.25) is 9.59 Å². The van der Waals surface area contributed by atoms with Crippen LogP contribution < -0.4 is 10.6 Å². The molecule has 3 aromatic rings. The van der Waals surface area contributed by atoms with Crippen molar-refractivity contribution in [3.63, 3.8) is 0 Å². The zero-order valence-corrected chi connectivity index (χ0v) is 27.0. The number of amides is 3. The maximum atomic E-state index is 14.5. The van der Waals surface area contributed by atoms with E-state index in [0.29, 0.717) is 36.2 Å². The summed E-state index contributed by atoms with van der Waals surface area (Å²) in [5, 5.41) is 7.95. The predicted molar refractivity (Wildman–Crippen MR) is 178 cm³/mol. The van der Waals surface area contributed by atoms with Gasteiger partial charge in [-0.05, 0) is 73.7 Å². The molecule has 0 heterocycles. The van der Waals surface area contributed by atoms with Gasteiger partial charge in [-0.25, -0.2) is 4.79 Å². The molecule has 3 aromatic carbocycles. The molecule has 7 nitrogen and oxygen atoms in total. The van der Waals surface area contributed by atoms with E-state index in [1.54, 1.807) is 49.9 Å². The third-order valence-electron chi connectivity index (χ3n) is 7.66. The molecule has 0 aromatic heterocycles. The third kappa shape index (κ3) is 9.60. The van der Waals surface area contributed by atoms with Crippen molar-refractivity contribution in [2.75, 3.05) is 11.9 Å². The van der Waals surface area contributed by atoms with E-state index < -0.39 is 23.8 Å². The molecule has 7 heteroatoms. The minimum absolute atomic E-state index is 0.207. The van der Waals surface area contributed by atoms with Gasteiger partial charge < -0.3 is 20.3 Å². The molecular weight excluding hydrogens is 550 g/mol. The van der Waals surface area contributed by atoms with E-state index in [-0.39, 0.29) is 17.7 Å². The fourth-order valence-corrected chi connectivity index (χ4v) is 5.08. The molecule has 0 fully saturated rings. The van der Waals surface area contributed by atoms with Gasteiger partial charge in [-0.15, -0.1) is 6.42 Å². The van der Waals surface area contributed by atoms with E-state index in [0.717, 1.165) is 30.0 Å². The minimum atomic E-state index is -0.964. The molecule has 0 bridgehead atoms. The molecule has 0 aliphatic heterocycles. The number of anilines is 1. The first-order chi connectivity index (χ1) is 21.0. The number of carbonyl (C=O) groups is 3. The highest BCUT2D eigenvalue weighted by atomic mass is 16.6. The Balaban J connectivity index is 2.06. The molecule has 2 N–H and O–H groups in total. The molecule has 3 rings (SSSR count). The Morgan fingerprint density at radius 3 is 2.23 bits per heavy atom. The van der Waals surface area contributed by atoms with Crippen molar-refractivity contribution in [3.05, 3.63) is 77.9 Å². The van der Waals surface area contributed by atoms with Gasteiger partial charge >= 0.3 is 6.09 Å². The Morgan fingerprint density at radius 1 is 0.932 bits per heavy atom. The van der Waals surface area contributed by atoms with Gasteiger partial charge in [0.2, 0.25) is 5.91 Å². The molecule has 234 valence electrons. The van der Waals surface area contributed by atoms with E-state index in [2.05, 4.69) is 23.5 Å². The second kappa shape index (κ2) is 16.0. The first kappa shape index (κ1) is 34.2. The van der Waals surface area contributed by atoms with Crippen LogP contribution in [0.3, 0.4) is 0 Å². The minimum Gasteiger partial charge on any atom is -0.444 e. The van der Waals surface area contributed by atoms with Crippen molar-refractivity contribution < 1.29 is 19.1 Å². The number of terminal acetylenes is 1. The monoisotopic (exact) mass is 597 g/mol. The van der Waals surface area contributed by atoms with Crippen molar-refractivity contribution in [2.45, 2.75) is 91.3 Å². The van der Waals surface area contributed by atoms with Crippen LogP contribution in [0.4, 0.5) is 10.5 Å². The van der Waals surface area contributed by atoms with E-state index in [1.165, 1.54) is 0 Å². The van der Waals surface area contributed by atoms with Crippen molar-refractivity contribution >= 4 is 34.4 Å². The third-order valence-corrected chi connectivity index (χ3v) is 7.66. The highest BCUT2D eigenvalue weighted by molar-refractivity contribution is 6.00. The second-order valence-corrected chi connectivity index (χ2v) is 12.3. The molecule has 3 amide bonds. The van der Waals surface area contributed by atoms with Gasteiger partial charge in [0.05, 0.1) is 0 Å². The van der Waals surface area contributed by atoms with E-state index in [9.17, 15) is 14.4 Å². The van der Waals surface area contributed by atoms with Crippen LogP contribution in [0.15, 0.2) is 66.7 Å². The van der Waals surface area contributed by atoms with Gasteiger partial charge in [0, 0.05) is 17.8 Å². The number of fused-ring (bicyclic) bond motifs is 1. The number of hydrogen-bond donors (Lipinski definition) is 2. The van der Waals surface area contributed by atoms with Gasteiger partial charge in [0.15, 0.2) is 0 Å². The SMILES string of the molecule is C#Cc1ccc(C(C(=O)Nc2ccc3ccccc3c2)N(CCCCCC)C(=O)C(NC(=O)OC(C)(C)C)C(C)CC)cc1. The Labute approximate surface area is 262 Å². The van der Waals surface area contributed by atoms with Gasteiger partial charge in [0.25, 0.3) is 5.91 Å². The predicted octanol–water partition coefficient (Wildman–Crippen LogP) is 7.85. The van der Waals surface area contributed by atoms with Gasteiger partial charge in [0.1, 0.15) is 17.7 Å². The lowest BCUT2D eigenvalue weighted by atomic mass is 9.95. The standard InChI is InChI=1S/C37H47N3O4/c1-8-11-12-15-24-40(35(42)32(26(4)9-2)39-36(43)44-37(5,6)7)33(29-20-18-27(10-3)19-21-29)34(41)38-31-23-22-28-16-13-14-17-30(28)25-31/h3,13-14,16-23,25-26,32-33H,8-9,11-12,15,24H2,1-2,4-7H3,(H,38,41)(H,39,43). The number of carbonyl (C=O) groups excluding carboxylic acids is 3. The Bertz CT molecular complexity index is 1450. The molecule has 0 spiro atoms. The normalized spacial score (nSPS) is 13.3. The van der Waals surface area contributed by atoms with Crippen LogP contribution in [0, 0.1) is 18.3 Å². The number of alkyl carbamates (subject to hydrolysis) is 1. The van der Waals surface area contributed by atoms with Crippen molar-refractivity contribution in [2.24, 2.45) is 5.92 Å². The van der Waals surface area contributed by atoms with Gasteiger partial charge in [-0.2, -0.15) is 0 Å². The summed E-state index contributed by atoms with van der Waals surface area (Å²) in [6, 6.07) is 19.0. The Hall–Kier alpha value is -4.31. The quantitative estimate of drug-likeness (QED) is 0.155. The van der Waals surface area contributed by atoms with Crippen LogP contribution in [-0.4, -0.2) is 41.0 Å². The van der Waals surface area contributed by atoms with Gasteiger partial charge in [-0.1, -0.05) is 94.8 Å². The van der Waals surface area contributed by atoms with E-state index in [4.69, 9.17) is 11.2 Å². The topological polar surface area (TPSA) is 87.7 Å². The highest BCUT2D eigenvalue weighted by Crippen LogP contribution is 2.28. The number of hydrogen-bond acceptors (Lipinski definition) is 4. The molecular formula is C37H47N3O4. The summed E-state index contributed by atoms with van der Waals surface area (Å²) < 4.78 is 5.52. The molecule has 44 heavy (non-hydrogen) atoms. The summed E-state index contributed by atoms with van der Waals surface area (Å²) in [7, 11) is 0. The Morgan fingerprint density at radius 2 is 1.61 bits per heavy atom. The largest absolute Gasteiger partial charge is 0.444 e. The molecule has 0 saturated carbocycles. The molecule has 0 saturated heterocycles. The molecule has 0 aliphatic carbocycles. The van der Waals surface area contributed by atoms with Crippen LogP contribution in [0.2, 0.25) is 0 Å². The fourth-order valence-electron chi connectivity index (χ4n) is 5.08. The summed E-state index contributed by atoms with van der Waals surface area (Å²) >= 11 is 0. The van der Waals surface area contributed by atoms with E-state index in [1.807, 2.05) is 56.3 Å². The number of ether oxygens (including phenoxy) is 1. The number of nitrogens with one attached hydrogen (secondary N) is 2. The first-order valence-corrected chi connectivity index (χ1v) is 15.6. The fraction of sp³-hybridized carbons (Fsp3) is 0.432. The maximum Gasteiger partial charge on any atom is 0.408 e. The first-order valence-electron chi connectivity index (χ1n) is 15.6. The number of unbranched alkanes of at least 4 members (excludes halogenated alkanes) is 3. The van der Waals surface area contributed by atoms with Crippen LogP contribution in [0.5, 0.6) is 0 Å². The lowest BCUT2D eigenvalue weighted by Gasteiger charge is -2.36. The average Bonchev–Trinajstić information content (AvgIpc) is 2.99. The summed E-state index contributed by atoms with van der Waals surface area (Å²) in [6.07, 6.45) is 9.25. The molecule has 3 atom stereocenters. The zero-order chi connectivity index (χ0) is 32.3. The van der Waals surface area contributed by atoms with E-state index >= 15 is 0 Å². The maximum absolute atomic E-state index is 14.5. The summed E-state index contributed by atoms with van der Waals surface area (Å²) in [5.74, 6) is 1.73. The van der Waals surface area contributed by atoms with Crippen LogP contribution >= 0.6 is 0 Å². The summed E-state index contributed by atoms with van der Waals surface area (Å²) in [4.78, 5) is 43.3. The zero-order valence-electron chi connectivity index (χ0n) is 27.0. The lowest BCUT2D eigenvalue weighted by molar-refractivity contribution is -0.142. The van der Waals surface area contributed by atoms with Crippen molar-refractivity contribution in [1.82, 2.24) is 10.2 Å². The second-order valence-electron chi connectivity index (χ2n) is 12.3.